The Hall–Kier alpha value is -2.48. The molecule has 1 aromatic heterocycles. The Balaban J connectivity index is 1.91. The second-order valence-corrected chi connectivity index (χ2v) is 7.78. The van der Waals surface area contributed by atoms with Gasteiger partial charge in [-0.25, -0.2) is 0 Å². The Labute approximate surface area is 156 Å². The fraction of sp³-hybridized carbons (Fsp3) is 0.444. The molecule has 1 aliphatic carbocycles. The summed E-state index contributed by atoms with van der Waals surface area (Å²) in [7, 11) is 0. The molecule has 1 fully saturated rings. The molecule has 140 valence electrons. The Morgan fingerprint density at radius 2 is 2.04 bits per heavy atom. The first kappa shape index (κ1) is 18.3. The van der Waals surface area contributed by atoms with Crippen LogP contribution in [-0.2, 0) is 6.42 Å². The van der Waals surface area contributed by atoms with Crippen molar-refractivity contribution in [2.45, 2.75) is 32.1 Å². The Bertz CT molecular complexity index is 827. The van der Waals surface area contributed by atoms with Gasteiger partial charge in [-0.2, -0.15) is 0 Å². The lowest BCUT2D eigenvalue weighted by Gasteiger charge is -2.14. The lowest BCUT2D eigenvalue weighted by molar-refractivity contribution is 0.100. The maximum Gasteiger partial charge on any atom is 0.260 e. The van der Waals surface area contributed by atoms with E-state index in [2.05, 4.69) is 5.32 Å². The number of nitrogen functional groups attached to an aromatic ring is 1. The van der Waals surface area contributed by atoms with Crippen molar-refractivity contribution in [3.05, 3.63) is 22.6 Å². The first-order valence-electron chi connectivity index (χ1n) is 8.81. The van der Waals surface area contributed by atoms with Gasteiger partial charge in [0.15, 0.2) is 5.96 Å². The molecule has 0 aliphatic heterocycles. The minimum atomic E-state index is -0.523. The van der Waals surface area contributed by atoms with E-state index in [4.69, 9.17) is 27.3 Å². The van der Waals surface area contributed by atoms with Gasteiger partial charge in [-0.1, -0.05) is 12.8 Å². The maximum absolute atomic E-state index is 11.7. The second-order valence-electron chi connectivity index (χ2n) is 6.73. The van der Waals surface area contributed by atoms with Crippen molar-refractivity contribution in [2.24, 2.45) is 17.4 Å². The number of fused-ring (bicyclic) bond motifs is 1. The highest BCUT2D eigenvalue weighted by Crippen LogP contribution is 2.41. The number of ether oxygens (including phenoxy) is 1. The number of rotatable bonds is 7. The standard InChI is InChI=1S/C18H25N5O2S/c19-15-14-12(25-9-10-3-1-2-4-10)7-11(5-6-23-18(21)22)8-13(14)26-16(15)17(20)24/h7-8,10H,1-6,9,19H2,(H2,20,24)(H4,21,22,23). The number of thiophene rings is 1. The van der Waals surface area contributed by atoms with Crippen LogP contribution in [0.1, 0.15) is 40.9 Å². The largest absolute Gasteiger partial charge is 0.493 e. The van der Waals surface area contributed by atoms with Crippen LogP contribution in [0.2, 0.25) is 0 Å². The van der Waals surface area contributed by atoms with Crippen molar-refractivity contribution in [1.82, 2.24) is 5.32 Å². The number of anilines is 1. The summed E-state index contributed by atoms with van der Waals surface area (Å²) in [6.07, 6.45) is 5.58. The first-order valence-corrected chi connectivity index (χ1v) is 9.62. The normalized spacial score (nSPS) is 14.6. The van der Waals surface area contributed by atoms with E-state index in [1.54, 1.807) is 0 Å². The van der Waals surface area contributed by atoms with Crippen molar-refractivity contribution in [3.8, 4) is 5.75 Å². The number of hydrogen-bond acceptors (Lipinski definition) is 5. The van der Waals surface area contributed by atoms with E-state index in [0.29, 0.717) is 41.8 Å². The zero-order valence-corrected chi connectivity index (χ0v) is 15.5. The van der Waals surface area contributed by atoms with Gasteiger partial charge in [-0.15, -0.1) is 11.3 Å². The van der Waals surface area contributed by atoms with E-state index < -0.39 is 5.91 Å². The van der Waals surface area contributed by atoms with Gasteiger partial charge in [0.25, 0.3) is 5.91 Å². The molecule has 3 rings (SSSR count). The predicted octanol–water partition coefficient (Wildman–Crippen LogP) is 2.18. The summed E-state index contributed by atoms with van der Waals surface area (Å²) < 4.78 is 7.02. The smallest absolute Gasteiger partial charge is 0.260 e. The third-order valence-electron chi connectivity index (χ3n) is 4.75. The van der Waals surface area contributed by atoms with Crippen LogP contribution in [0.25, 0.3) is 10.1 Å². The quantitative estimate of drug-likeness (QED) is 0.373. The molecule has 0 unspecified atom stereocenters. The molecule has 1 aromatic carbocycles. The molecule has 0 saturated heterocycles. The predicted molar refractivity (Wildman–Crippen MR) is 106 cm³/mol. The van der Waals surface area contributed by atoms with Crippen LogP contribution in [-0.4, -0.2) is 25.0 Å². The number of hydrogen-bond donors (Lipinski definition) is 5. The molecular weight excluding hydrogens is 350 g/mol. The van der Waals surface area contributed by atoms with Crippen LogP contribution in [0.15, 0.2) is 12.1 Å². The SMILES string of the molecule is N=C(N)NCCc1cc(OCC2CCCC2)c2c(N)c(C(N)=O)sc2c1. The van der Waals surface area contributed by atoms with E-state index in [1.165, 1.54) is 37.0 Å². The van der Waals surface area contributed by atoms with Crippen LogP contribution in [0.3, 0.4) is 0 Å². The zero-order valence-electron chi connectivity index (χ0n) is 14.6. The zero-order chi connectivity index (χ0) is 18.7. The first-order chi connectivity index (χ1) is 12.5. The molecular formula is C18H25N5O2S. The molecule has 1 aliphatic rings. The minimum absolute atomic E-state index is 0.0554. The molecule has 0 bridgehead atoms. The van der Waals surface area contributed by atoms with Gasteiger partial charge in [0.1, 0.15) is 10.6 Å². The topological polar surface area (TPSA) is 140 Å². The summed E-state index contributed by atoms with van der Waals surface area (Å²) in [6, 6.07) is 3.96. The van der Waals surface area contributed by atoms with E-state index in [9.17, 15) is 4.79 Å². The molecule has 0 atom stereocenters. The summed E-state index contributed by atoms with van der Waals surface area (Å²) in [6.45, 7) is 1.21. The van der Waals surface area contributed by atoms with Crippen molar-refractivity contribution in [1.29, 1.82) is 5.41 Å². The van der Waals surface area contributed by atoms with E-state index in [1.807, 2.05) is 12.1 Å². The Morgan fingerprint density at radius 3 is 2.69 bits per heavy atom. The third kappa shape index (κ3) is 4.01. The Kier molecular flexibility index (Phi) is 5.51. The number of primary amides is 1. The van der Waals surface area contributed by atoms with Gasteiger partial charge in [-0.05, 0) is 42.9 Å². The van der Waals surface area contributed by atoms with Gasteiger partial charge < -0.3 is 27.3 Å². The molecule has 1 heterocycles. The second kappa shape index (κ2) is 7.82. The van der Waals surface area contributed by atoms with E-state index >= 15 is 0 Å². The summed E-state index contributed by atoms with van der Waals surface area (Å²) >= 11 is 1.29. The van der Waals surface area contributed by atoms with Crippen molar-refractivity contribution in [3.63, 3.8) is 0 Å². The average Bonchev–Trinajstić information content (AvgIpc) is 3.20. The van der Waals surface area contributed by atoms with Gasteiger partial charge >= 0.3 is 0 Å². The van der Waals surface area contributed by atoms with E-state index in [0.717, 1.165) is 15.6 Å². The number of carbonyl (C=O) groups is 1. The molecule has 8 heteroatoms. The van der Waals surface area contributed by atoms with Crippen molar-refractivity contribution >= 4 is 39.0 Å². The van der Waals surface area contributed by atoms with Crippen LogP contribution in [0.4, 0.5) is 5.69 Å². The summed E-state index contributed by atoms with van der Waals surface area (Å²) in [5.41, 5.74) is 18.4. The summed E-state index contributed by atoms with van der Waals surface area (Å²) in [5, 5.41) is 10.8. The Morgan fingerprint density at radius 1 is 1.31 bits per heavy atom. The summed E-state index contributed by atoms with van der Waals surface area (Å²) in [4.78, 5) is 12.0. The fourth-order valence-corrected chi connectivity index (χ4v) is 4.49. The van der Waals surface area contributed by atoms with Gasteiger partial charge in [0, 0.05) is 11.2 Å². The number of nitrogens with one attached hydrogen (secondary N) is 2. The molecule has 1 saturated carbocycles. The molecule has 2 aromatic rings. The van der Waals surface area contributed by atoms with Gasteiger partial charge in [0.2, 0.25) is 0 Å². The molecule has 26 heavy (non-hydrogen) atoms. The van der Waals surface area contributed by atoms with Crippen molar-refractivity contribution in [2.75, 3.05) is 18.9 Å². The average molecular weight is 375 g/mol. The third-order valence-corrected chi connectivity index (χ3v) is 5.92. The molecule has 0 spiro atoms. The summed E-state index contributed by atoms with van der Waals surface area (Å²) in [5.74, 6) is 0.697. The minimum Gasteiger partial charge on any atom is -0.493 e. The van der Waals surface area contributed by atoms with Crippen LogP contribution in [0.5, 0.6) is 5.75 Å². The number of nitrogens with two attached hydrogens (primary N) is 3. The highest BCUT2D eigenvalue weighted by atomic mass is 32.1. The lowest BCUT2D eigenvalue weighted by Crippen LogP contribution is -2.31. The van der Waals surface area contributed by atoms with Crippen LogP contribution >= 0.6 is 11.3 Å². The number of amides is 1. The molecule has 1 amide bonds. The number of benzene rings is 1. The number of guanidine groups is 1. The van der Waals surface area contributed by atoms with Gasteiger partial charge in [0.05, 0.1) is 17.7 Å². The van der Waals surface area contributed by atoms with Crippen molar-refractivity contribution < 1.29 is 9.53 Å². The van der Waals surface area contributed by atoms with Crippen LogP contribution in [0, 0.1) is 11.3 Å². The highest BCUT2D eigenvalue weighted by Gasteiger charge is 2.20. The number of carbonyl (C=O) groups excluding carboxylic acids is 1. The molecule has 0 radical (unpaired) electrons. The van der Waals surface area contributed by atoms with Gasteiger partial charge in [-0.3, -0.25) is 10.2 Å². The monoisotopic (exact) mass is 375 g/mol. The fourth-order valence-electron chi connectivity index (χ4n) is 3.44. The van der Waals surface area contributed by atoms with Crippen LogP contribution < -0.4 is 27.3 Å². The highest BCUT2D eigenvalue weighted by molar-refractivity contribution is 7.21. The molecule has 8 N–H and O–H groups in total. The lowest BCUT2D eigenvalue weighted by atomic mass is 10.1. The van der Waals surface area contributed by atoms with E-state index in [-0.39, 0.29) is 5.96 Å². The molecule has 7 nitrogen and oxygen atoms in total. The maximum atomic E-state index is 11.7.